The Morgan fingerprint density at radius 3 is 2.93 bits per heavy atom. The maximum absolute atomic E-state index is 9.63. The van der Waals surface area contributed by atoms with Crippen LogP contribution in [-0.2, 0) is 16.4 Å². The van der Waals surface area contributed by atoms with Crippen LogP contribution in [0.1, 0.15) is 28.7 Å². The SMILES string of the molecule is [2H]C([2H])([2H])n1cc(Nc2ncc3cc(C#N)n(C4CCOCC4)c3n2)c(OC2COC2)n1. The summed E-state index contributed by atoms with van der Waals surface area (Å²) in [4.78, 5) is 8.97. The zero-order chi connectivity index (χ0) is 22.3. The molecule has 5 rings (SSSR count). The highest BCUT2D eigenvalue weighted by molar-refractivity contribution is 5.79. The van der Waals surface area contributed by atoms with Gasteiger partial charge in [0, 0.05) is 41.9 Å². The van der Waals surface area contributed by atoms with Crippen molar-refractivity contribution in [2.75, 3.05) is 31.7 Å². The molecule has 2 aliphatic rings. The lowest BCUT2D eigenvalue weighted by Gasteiger charge is -2.26. The maximum atomic E-state index is 9.63. The van der Waals surface area contributed by atoms with Crippen molar-refractivity contribution in [3.63, 3.8) is 0 Å². The number of ether oxygens (including phenoxy) is 3. The predicted octanol–water partition coefficient (Wildman–Crippen LogP) is 1.91. The van der Waals surface area contributed by atoms with E-state index in [0.717, 1.165) is 22.9 Å². The Hall–Kier alpha value is -3.16. The Balaban J connectivity index is 1.50. The van der Waals surface area contributed by atoms with Crippen molar-refractivity contribution < 1.29 is 18.3 Å². The van der Waals surface area contributed by atoms with Gasteiger partial charge in [-0.3, -0.25) is 4.68 Å². The van der Waals surface area contributed by atoms with Crippen LogP contribution >= 0.6 is 0 Å². The highest BCUT2D eigenvalue weighted by Crippen LogP contribution is 2.31. The third-order valence-electron chi connectivity index (χ3n) is 5.06. The number of rotatable bonds is 5. The number of hydrogen-bond acceptors (Lipinski definition) is 8. The molecule has 0 radical (unpaired) electrons. The van der Waals surface area contributed by atoms with Crippen molar-refractivity contribution >= 4 is 22.7 Å². The molecule has 2 fully saturated rings. The topological polar surface area (TPSA) is 112 Å². The molecule has 0 amide bonds. The predicted molar refractivity (Wildman–Crippen MR) is 103 cm³/mol. The lowest BCUT2D eigenvalue weighted by atomic mass is 10.1. The van der Waals surface area contributed by atoms with E-state index in [1.54, 1.807) is 12.3 Å². The average molecular weight is 398 g/mol. The monoisotopic (exact) mass is 398 g/mol. The van der Waals surface area contributed by atoms with E-state index < -0.39 is 6.98 Å². The number of nitrogens with one attached hydrogen (secondary N) is 1. The molecule has 3 aromatic heterocycles. The Labute approximate surface area is 171 Å². The standard InChI is InChI=1S/C19H21N7O3/c1-25-9-16(18(24-25)29-15-10-28-11-15)22-19-21-8-12-6-14(7-20)26(17(12)23-19)13-2-4-27-5-3-13/h6,8-9,13,15H,2-5,10-11H2,1H3,(H,21,22,23)/i1D3. The molecular weight excluding hydrogens is 374 g/mol. The van der Waals surface area contributed by atoms with Gasteiger partial charge in [-0.05, 0) is 18.9 Å². The van der Waals surface area contributed by atoms with Gasteiger partial charge in [0.2, 0.25) is 5.95 Å². The molecule has 0 saturated carbocycles. The lowest BCUT2D eigenvalue weighted by Crippen LogP contribution is -2.38. The molecule has 5 heterocycles. The van der Waals surface area contributed by atoms with Crippen LogP contribution in [0.4, 0.5) is 11.6 Å². The van der Waals surface area contributed by atoms with Gasteiger partial charge in [0.25, 0.3) is 5.88 Å². The van der Waals surface area contributed by atoms with Gasteiger partial charge in [-0.2, -0.15) is 10.2 Å². The van der Waals surface area contributed by atoms with Crippen LogP contribution in [0.5, 0.6) is 5.88 Å². The number of nitrogens with zero attached hydrogens (tertiary/aromatic N) is 6. The normalized spacial score (nSPS) is 19.8. The van der Waals surface area contributed by atoms with Crippen LogP contribution in [0, 0.1) is 11.3 Å². The van der Waals surface area contributed by atoms with Gasteiger partial charge in [0.15, 0.2) is 0 Å². The molecule has 2 saturated heterocycles. The minimum Gasteiger partial charge on any atom is -0.467 e. The summed E-state index contributed by atoms with van der Waals surface area (Å²) in [5.41, 5.74) is 1.48. The zero-order valence-electron chi connectivity index (χ0n) is 18.5. The fourth-order valence-corrected chi connectivity index (χ4v) is 3.56. The van der Waals surface area contributed by atoms with Crippen molar-refractivity contribution in [3.05, 3.63) is 24.2 Å². The molecule has 0 atom stereocenters. The lowest BCUT2D eigenvalue weighted by molar-refractivity contribution is -0.0812. The second-order valence-corrected chi connectivity index (χ2v) is 7.02. The summed E-state index contributed by atoms with van der Waals surface area (Å²) < 4.78 is 42.0. The number of fused-ring (bicyclic) bond motifs is 1. The summed E-state index contributed by atoms with van der Waals surface area (Å²) >= 11 is 0. The quantitative estimate of drug-likeness (QED) is 0.694. The molecule has 0 spiro atoms. The molecule has 0 aliphatic carbocycles. The fraction of sp³-hybridized carbons (Fsp3) is 0.474. The van der Waals surface area contributed by atoms with Crippen LogP contribution in [0.3, 0.4) is 0 Å². The first-order chi connectivity index (χ1) is 15.4. The van der Waals surface area contributed by atoms with Crippen molar-refractivity contribution in [3.8, 4) is 11.9 Å². The summed E-state index contributed by atoms with van der Waals surface area (Å²) in [7, 11) is 0. The van der Waals surface area contributed by atoms with E-state index in [2.05, 4.69) is 26.5 Å². The molecule has 1 N–H and O–H groups in total. The number of anilines is 2. The van der Waals surface area contributed by atoms with E-state index in [9.17, 15) is 5.26 Å². The summed E-state index contributed by atoms with van der Waals surface area (Å²) in [6, 6.07) is 4.12. The largest absolute Gasteiger partial charge is 0.467 e. The first kappa shape index (κ1) is 14.8. The molecule has 0 bridgehead atoms. The smallest absolute Gasteiger partial charge is 0.257 e. The van der Waals surface area contributed by atoms with Gasteiger partial charge >= 0.3 is 0 Å². The number of hydrogen-bond donors (Lipinski definition) is 1. The number of nitriles is 1. The van der Waals surface area contributed by atoms with Crippen LogP contribution < -0.4 is 10.1 Å². The van der Waals surface area contributed by atoms with Crippen LogP contribution in [0.15, 0.2) is 18.5 Å². The van der Waals surface area contributed by atoms with E-state index >= 15 is 0 Å². The first-order valence-electron chi connectivity index (χ1n) is 10.9. The summed E-state index contributed by atoms with van der Waals surface area (Å²) in [5.74, 6) is 0.379. The molecule has 0 aromatic carbocycles. The third-order valence-corrected chi connectivity index (χ3v) is 5.06. The van der Waals surface area contributed by atoms with Gasteiger partial charge in [-0.25, -0.2) is 4.98 Å². The van der Waals surface area contributed by atoms with Crippen molar-refractivity contribution in [2.45, 2.75) is 25.0 Å². The molecule has 0 unspecified atom stereocenters. The first-order valence-corrected chi connectivity index (χ1v) is 9.40. The third kappa shape index (κ3) is 3.39. The zero-order valence-corrected chi connectivity index (χ0v) is 15.5. The van der Waals surface area contributed by atoms with E-state index in [0.29, 0.717) is 43.5 Å². The average Bonchev–Trinajstić information content (AvgIpc) is 3.32. The van der Waals surface area contributed by atoms with E-state index in [-0.39, 0.29) is 24.0 Å². The highest BCUT2D eigenvalue weighted by Gasteiger charge is 2.24. The van der Waals surface area contributed by atoms with Crippen molar-refractivity contribution in [1.29, 1.82) is 5.26 Å². The van der Waals surface area contributed by atoms with Crippen molar-refractivity contribution in [1.82, 2.24) is 24.3 Å². The van der Waals surface area contributed by atoms with Crippen LogP contribution in [0.2, 0.25) is 0 Å². The summed E-state index contributed by atoms with van der Waals surface area (Å²) in [6.45, 7) is -0.370. The van der Waals surface area contributed by atoms with E-state index in [1.165, 1.54) is 6.20 Å². The minimum absolute atomic E-state index is 0.106. The highest BCUT2D eigenvalue weighted by atomic mass is 16.6. The van der Waals surface area contributed by atoms with Gasteiger partial charge in [-0.15, -0.1) is 5.10 Å². The van der Waals surface area contributed by atoms with Gasteiger partial charge in [0.05, 0.1) is 19.4 Å². The maximum Gasteiger partial charge on any atom is 0.257 e. The second kappa shape index (κ2) is 7.35. The molecule has 10 heteroatoms. The Kier molecular flexibility index (Phi) is 3.74. The van der Waals surface area contributed by atoms with E-state index in [1.807, 2.05) is 4.57 Å². The molecule has 3 aromatic rings. The fourth-order valence-electron chi connectivity index (χ4n) is 3.56. The summed E-state index contributed by atoms with van der Waals surface area (Å²) in [5, 5.41) is 17.5. The van der Waals surface area contributed by atoms with Gasteiger partial charge < -0.3 is 24.1 Å². The number of aryl methyl sites for hydroxylation is 1. The molecule has 29 heavy (non-hydrogen) atoms. The molecule has 10 nitrogen and oxygen atoms in total. The molecular formula is C19H21N7O3. The second-order valence-electron chi connectivity index (χ2n) is 7.02. The van der Waals surface area contributed by atoms with Crippen LogP contribution in [0.25, 0.3) is 11.0 Å². The van der Waals surface area contributed by atoms with Gasteiger partial charge in [-0.1, -0.05) is 0 Å². The number of aromatic nitrogens is 5. The Morgan fingerprint density at radius 1 is 1.34 bits per heavy atom. The molecule has 2 aliphatic heterocycles. The molecule has 150 valence electrons. The van der Waals surface area contributed by atoms with E-state index in [4.69, 9.17) is 18.3 Å². The van der Waals surface area contributed by atoms with Gasteiger partial charge in [0.1, 0.15) is 29.2 Å². The van der Waals surface area contributed by atoms with Crippen LogP contribution in [-0.4, -0.2) is 56.8 Å². The van der Waals surface area contributed by atoms with Crippen molar-refractivity contribution in [2.24, 2.45) is 6.98 Å². The minimum atomic E-state index is -2.46. The Morgan fingerprint density at radius 2 is 2.21 bits per heavy atom. The Bertz CT molecular complexity index is 1170. The summed E-state index contributed by atoms with van der Waals surface area (Å²) in [6.07, 6.45) is 4.36.